The number of aryl methyl sites for hydroxylation is 2. The molecule has 0 aliphatic heterocycles. The van der Waals surface area contributed by atoms with E-state index >= 15 is 0 Å². The average molecular weight is 409 g/mol. The van der Waals surface area contributed by atoms with Crippen molar-refractivity contribution in [2.45, 2.75) is 19.8 Å². The second-order valence-electron chi connectivity index (χ2n) is 6.30. The summed E-state index contributed by atoms with van der Waals surface area (Å²) in [7, 11) is 0. The Bertz CT molecular complexity index is 1140. The fourth-order valence-corrected chi connectivity index (χ4v) is 3.37. The van der Waals surface area contributed by atoms with Crippen molar-refractivity contribution < 1.29 is 13.7 Å². The minimum Gasteiger partial charge on any atom is -0.339 e. The Labute approximate surface area is 169 Å². The van der Waals surface area contributed by atoms with Gasteiger partial charge in [0.2, 0.25) is 17.6 Å². The van der Waals surface area contributed by atoms with Crippen LogP contribution in [0.1, 0.15) is 17.9 Å². The molecule has 29 heavy (non-hydrogen) atoms. The quantitative estimate of drug-likeness (QED) is 0.511. The predicted molar refractivity (Wildman–Crippen MR) is 107 cm³/mol. The highest BCUT2D eigenvalue weighted by molar-refractivity contribution is 7.14. The summed E-state index contributed by atoms with van der Waals surface area (Å²) in [5.74, 6) is 0.217. The molecule has 7 nitrogen and oxygen atoms in total. The molecule has 0 aliphatic rings. The molecule has 4 rings (SSSR count). The van der Waals surface area contributed by atoms with E-state index in [4.69, 9.17) is 4.52 Å². The first kappa shape index (κ1) is 18.9. The normalized spacial score (nSPS) is 10.8. The van der Waals surface area contributed by atoms with E-state index in [0.717, 1.165) is 11.3 Å². The first-order valence-corrected chi connectivity index (χ1v) is 9.71. The van der Waals surface area contributed by atoms with E-state index in [1.165, 1.54) is 17.4 Å². The zero-order valence-corrected chi connectivity index (χ0v) is 16.2. The number of benzene rings is 1. The van der Waals surface area contributed by atoms with Gasteiger partial charge in [-0.05, 0) is 42.8 Å². The first-order valence-electron chi connectivity index (χ1n) is 8.83. The SMILES string of the molecule is Cc1cc(-c2noc(CCC(=O)Nc3nc(-c4cccnc4)cs3)n2)ccc1F. The Kier molecular flexibility index (Phi) is 5.39. The van der Waals surface area contributed by atoms with Crippen LogP contribution in [0, 0.1) is 12.7 Å². The van der Waals surface area contributed by atoms with Crippen molar-refractivity contribution in [1.29, 1.82) is 0 Å². The van der Waals surface area contributed by atoms with Gasteiger partial charge >= 0.3 is 0 Å². The number of aromatic nitrogens is 4. The van der Waals surface area contributed by atoms with Crippen LogP contribution in [0.15, 0.2) is 52.6 Å². The number of nitrogens with one attached hydrogen (secondary N) is 1. The molecular weight excluding hydrogens is 393 g/mol. The largest absolute Gasteiger partial charge is 0.339 e. The lowest BCUT2D eigenvalue weighted by atomic mass is 10.1. The zero-order valence-electron chi connectivity index (χ0n) is 15.4. The molecule has 0 spiro atoms. The van der Waals surface area contributed by atoms with E-state index in [2.05, 4.69) is 25.4 Å². The topological polar surface area (TPSA) is 93.8 Å². The third kappa shape index (κ3) is 4.52. The Morgan fingerprint density at radius 3 is 2.93 bits per heavy atom. The number of thiazole rings is 1. The number of halogens is 1. The van der Waals surface area contributed by atoms with Crippen molar-refractivity contribution in [2.75, 3.05) is 5.32 Å². The van der Waals surface area contributed by atoms with E-state index in [1.54, 1.807) is 31.5 Å². The Morgan fingerprint density at radius 2 is 2.14 bits per heavy atom. The van der Waals surface area contributed by atoms with E-state index in [9.17, 15) is 9.18 Å². The van der Waals surface area contributed by atoms with Gasteiger partial charge < -0.3 is 9.84 Å². The lowest BCUT2D eigenvalue weighted by Gasteiger charge is -1.99. The predicted octanol–water partition coefficient (Wildman–Crippen LogP) is 4.27. The lowest BCUT2D eigenvalue weighted by Crippen LogP contribution is -2.12. The number of pyridine rings is 1. The molecule has 0 aliphatic carbocycles. The van der Waals surface area contributed by atoms with E-state index < -0.39 is 0 Å². The number of nitrogens with zero attached hydrogens (tertiary/aromatic N) is 4. The summed E-state index contributed by atoms with van der Waals surface area (Å²) >= 11 is 1.35. The van der Waals surface area contributed by atoms with Gasteiger partial charge in [-0.1, -0.05) is 5.16 Å². The second-order valence-corrected chi connectivity index (χ2v) is 7.16. The van der Waals surface area contributed by atoms with Crippen LogP contribution in [-0.2, 0) is 11.2 Å². The van der Waals surface area contributed by atoms with E-state index in [0.29, 0.717) is 34.4 Å². The number of hydrogen-bond acceptors (Lipinski definition) is 7. The molecule has 0 atom stereocenters. The summed E-state index contributed by atoms with van der Waals surface area (Å²) < 4.78 is 18.6. The van der Waals surface area contributed by atoms with Crippen LogP contribution in [0.4, 0.5) is 9.52 Å². The maximum Gasteiger partial charge on any atom is 0.227 e. The Balaban J connectivity index is 1.34. The second kappa shape index (κ2) is 8.27. The van der Waals surface area contributed by atoms with Crippen molar-refractivity contribution in [2.24, 2.45) is 0 Å². The van der Waals surface area contributed by atoms with E-state index in [1.807, 2.05) is 17.5 Å². The molecule has 3 heterocycles. The first-order chi connectivity index (χ1) is 14.1. The summed E-state index contributed by atoms with van der Waals surface area (Å²) in [6.07, 6.45) is 3.88. The number of carbonyl (C=O) groups excluding carboxylic acids is 1. The smallest absolute Gasteiger partial charge is 0.227 e. The molecule has 1 N–H and O–H groups in total. The third-order valence-electron chi connectivity index (χ3n) is 4.16. The summed E-state index contributed by atoms with van der Waals surface area (Å²) in [5, 5.41) is 9.05. The standard InChI is InChI=1S/C20H16FN5O2S/c1-12-9-13(4-5-15(12)21)19-25-18(28-26-19)7-6-17(27)24-20-23-16(11-29-20)14-3-2-8-22-10-14/h2-5,8-11H,6-7H2,1H3,(H,23,24,27). The van der Waals surface area contributed by atoms with Gasteiger partial charge in [0.25, 0.3) is 0 Å². The summed E-state index contributed by atoms with van der Waals surface area (Å²) in [4.78, 5) is 24.9. The average Bonchev–Trinajstić information content (AvgIpc) is 3.39. The molecule has 4 aromatic rings. The van der Waals surface area contributed by atoms with Crippen molar-refractivity contribution in [3.05, 3.63) is 65.4 Å². The van der Waals surface area contributed by atoms with Crippen LogP contribution in [0.5, 0.6) is 0 Å². The van der Waals surface area contributed by atoms with Gasteiger partial charge in [-0.2, -0.15) is 4.98 Å². The number of anilines is 1. The van der Waals surface area contributed by atoms with Gasteiger partial charge in [-0.15, -0.1) is 11.3 Å². The van der Waals surface area contributed by atoms with Crippen LogP contribution in [0.25, 0.3) is 22.6 Å². The Morgan fingerprint density at radius 1 is 1.24 bits per heavy atom. The highest BCUT2D eigenvalue weighted by atomic mass is 32.1. The minimum atomic E-state index is -0.289. The van der Waals surface area contributed by atoms with Crippen LogP contribution < -0.4 is 5.32 Å². The fraction of sp³-hybridized carbons (Fsp3) is 0.150. The number of rotatable bonds is 6. The van der Waals surface area contributed by atoms with Crippen LogP contribution in [0.3, 0.4) is 0 Å². The van der Waals surface area contributed by atoms with Crippen molar-refractivity contribution in [3.8, 4) is 22.6 Å². The zero-order chi connectivity index (χ0) is 20.2. The number of hydrogen-bond donors (Lipinski definition) is 1. The molecule has 0 saturated carbocycles. The van der Waals surface area contributed by atoms with E-state index in [-0.39, 0.29) is 18.1 Å². The highest BCUT2D eigenvalue weighted by Crippen LogP contribution is 2.24. The van der Waals surface area contributed by atoms with Crippen LogP contribution in [0.2, 0.25) is 0 Å². The minimum absolute atomic E-state index is 0.173. The molecule has 0 saturated heterocycles. The van der Waals surface area contributed by atoms with Gasteiger partial charge in [0, 0.05) is 41.7 Å². The van der Waals surface area contributed by atoms with Gasteiger partial charge in [0.05, 0.1) is 5.69 Å². The number of carbonyl (C=O) groups is 1. The molecular formula is C20H16FN5O2S. The van der Waals surface area contributed by atoms with Crippen LogP contribution >= 0.6 is 11.3 Å². The van der Waals surface area contributed by atoms with Gasteiger partial charge in [0.1, 0.15) is 5.82 Å². The fourth-order valence-electron chi connectivity index (χ4n) is 2.64. The van der Waals surface area contributed by atoms with Crippen molar-refractivity contribution in [1.82, 2.24) is 20.1 Å². The molecule has 0 radical (unpaired) electrons. The van der Waals surface area contributed by atoms with Gasteiger partial charge in [-0.25, -0.2) is 9.37 Å². The molecule has 9 heteroatoms. The molecule has 0 bridgehead atoms. The molecule has 0 unspecified atom stereocenters. The lowest BCUT2D eigenvalue weighted by molar-refractivity contribution is -0.116. The highest BCUT2D eigenvalue weighted by Gasteiger charge is 2.13. The molecule has 3 aromatic heterocycles. The summed E-state index contributed by atoms with van der Waals surface area (Å²) in [6.45, 7) is 1.67. The third-order valence-corrected chi connectivity index (χ3v) is 4.92. The summed E-state index contributed by atoms with van der Waals surface area (Å²) in [5.41, 5.74) is 2.81. The Hall–Kier alpha value is -3.46. The van der Waals surface area contributed by atoms with Crippen molar-refractivity contribution in [3.63, 3.8) is 0 Å². The van der Waals surface area contributed by atoms with Crippen molar-refractivity contribution >= 4 is 22.4 Å². The molecule has 146 valence electrons. The molecule has 0 fully saturated rings. The maximum atomic E-state index is 13.4. The maximum absolute atomic E-state index is 13.4. The monoisotopic (exact) mass is 409 g/mol. The molecule has 1 amide bonds. The van der Waals surface area contributed by atoms with Gasteiger partial charge in [0.15, 0.2) is 5.13 Å². The molecule has 1 aromatic carbocycles. The number of amides is 1. The van der Waals surface area contributed by atoms with Crippen LogP contribution in [-0.4, -0.2) is 26.0 Å². The van der Waals surface area contributed by atoms with Gasteiger partial charge in [-0.3, -0.25) is 9.78 Å². The summed E-state index contributed by atoms with van der Waals surface area (Å²) in [6, 6.07) is 8.34.